The summed E-state index contributed by atoms with van der Waals surface area (Å²) in [7, 11) is 0. The molecule has 2 rings (SSSR count). The van der Waals surface area contributed by atoms with Gasteiger partial charge in [0, 0.05) is 17.7 Å². The van der Waals surface area contributed by atoms with Crippen LogP contribution >= 0.6 is 0 Å². The van der Waals surface area contributed by atoms with Gasteiger partial charge in [0.15, 0.2) is 0 Å². The fraction of sp³-hybridized carbons (Fsp3) is 0.333. The molecule has 3 nitrogen and oxygen atoms in total. The summed E-state index contributed by atoms with van der Waals surface area (Å²) in [4.78, 5) is 3.42. The number of aromatic nitrogens is 2. The van der Waals surface area contributed by atoms with Gasteiger partial charge in [0.1, 0.15) is 0 Å². The molecule has 1 heterocycles. The van der Waals surface area contributed by atoms with Crippen molar-refractivity contribution >= 4 is 0 Å². The normalized spacial score (nSPS) is 10.3. The van der Waals surface area contributed by atoms with Crippen molar-refractivity contribution in [3.8, 4) is 0 Å². The molecule has 0 unspecified atom stereocenters. The van der Waals surface area contributed by atoms with E-state index in [0.29, 0.717) is 6.54 Å². The summed E-state index contributed by atoms with van der Waals surface area (Å²) in [5, 5.41) is 4.57. The van der Waals surface area contributed by atoms with Crippen molar-refractivity contribution in [1.29, 1.82) is 0 Å². The highest BCUT2D eigenvalue weighted by Gasteiger charge is 2.12. The maximum atomic E-state index is 6.88. The molecule has 0 saturated heterocycles. The van der Waals surface area contributed by atoms with Crippen LogP contribution < -0.4 is 0 Å². The van der Waals surface area contributed by atoms with E-state index in [4.69, 9.17) is 6.57 Å². The Balaban J connectivity index is 2.22. The molecule has 3 heteroatoms. The van der Waals surface area contributed by atoms with Crippen LogP contribution in [0.15, 0.2) is 30.3 Å². The largest absolute Gasteiger partial charge is 0.317 e. The van der Waals surface area contributed by atoms with Crippen LogP contribution in [0.1, 0.15) is 22.5 Å². The Morgan fingerprint density at radius 2 is 1.94 bits per heavy atom. The smallest absolute Gasteiger partial charge is 0.218 e. The zero-order chi connectivity index (χ0) is 13.0. The molecule has 0 N–H and O–H groups in total. The summed E-state index contributed by atoms with van der Waals surface area (Å²) in [6.07, 6.45) is 0.802. The molecule has 0 aliphatic heterocycles. The molecular weight excluding hydrogens is 222 g/mol. The minimum atomic E-state index is 0.540. The third kappa shape index (κ3) is 2.60. The lowest BCUT2D eigenvalue weighted by Crippen LogP contribution is -2.04. The Kier molecular flexibility index (Phi) is 3.78. The van der Waals surface area contributed by atoms with Gasteiger partial charge in [-0.1, -0.05) is 30.3 Å². The van der Waals surface area contributed by atoms with Crippen LogP contribution in [0.25, 0.3) is 4.85 Å². The van der Waals surface area contributed by atoms with Gasteiger partial charge < -0.3 is 4.85 Å². The topological polar surface area (TPSA) is 22.2 Å². The first-order valence-corrected chi connectivity index (χ1v) is 6.12. The summed E-state index contributed by atoms with van der Waals surface area (Å²) in [5.41, 5.74) is 4.70. The molecule has 2 aromatic rings. The number of rotatable bonds is 4. The number of benzene rings is 1. The van der Waals surface area contributed by atoms with E-state index >= 15 is 0 Å². The minimum Gasteiger partial charge on any atom is -0.317 e. The molecule has 0 bridgehead atoms. The quantitative estimate of drug-likeness (QED) is 0.752. The van der Waals surface area contributed by atoms with Crippen molar-refractivity contribution in [2.75, 3.05) is 6.54 Å². The molecular formula is C15H17N3. The zero-order valence-electron chi connectivity index (χ0n) is 10.8. The minimum absolute atomic E-state index is 0.540. The number of hydrogen-bond donors (Lipinski definition) is 0. The predicted molar refractivity (Wildman–Crippen MR) is 72.4 cm³/mol. The maximum Gasteiger partial charge on any atom is 0.218 e. The first-order valence-electron chi connectivity index (χ1n) is 6.12. The van der Waals surface area contributed by atoms with Crippen LogP contribution in [0.5, 0.6) is 0 Å². The van der Waals surface area contributed by atoms with Gasteiger partial charge in [-0.2, -0.15) is 5.10 Å². The summed E-state index contributed by atoms with van der Waals surface area (Å²) in [6.45, 7) is 12.3. The van der Waals surface area contributed by atoms with E-state index in [-0.39, 0.29) is 0 Å². The number of aryl methyl sites for hydroxylation is 1. The molecule has 0 atom stereocenters. The predicted octanol–water partition coefficient (Wildman–Crippen LogP) is 3.01. The number of hydrogen-bond acceptors (Lipinski definition) is 1. The summed E-state index contributed by atoms with van der Waals surface area (Å²) >= 11 is 0. The van der Waals surface area contributed by atoms with E-state index in [0.717, 1.165) is 18.7 Å². The average molecular weight is 239 g/mol. The fourth-order valence-electron chi connectivity index (χ4n) is 2.17. The first kappa shape index (κ1) is 12.4. The van der Waals surface area contributed by atoms with Crippen LogP contribution in [0.2, 0.25) is 0 Å². The van der Waals surface area contributed by atoms with Crippen molar-refractivity contribution in [1.82, 2.24) is 9.78 Å². The molecule has 0 aliphatic rings. The van der Waals surface area contributed by atoms with Gasteiger partial charge in [0.2, 0.25) is 6.54 Å². The molecule has 0 fully saturated rings. The van der Waals surface area contributed by atoms with E-state index in [1.807, 2.05) is 29.8 Å². The second-order valence-electron chi connectivity index (χ2n) is 4.42. The van der Waals surface area contributed by atoms with Crippen molar-refractivity contribution in [3.05, 3.63) is 64.3 Å². The van der Waals surface area contributed by atoms with Crippen LogP contribution in [0.3, 0.4) is 0 Å². The molecule has 0 spiro atoms. The molecule has 92 valence electrons. The van der Waals surface area contributed by atoms with Gasteiger partial charge in [-0.15, -0.1) is 0 Å². The van der Waals surface area contributed by atoms with Gasteiger partial charge in [-0.3, -0.25) is 4.68 Å². The molecule has 0 saturated carbocycles. The highest BCUT2D eigenvalue weighted by molar-refractivity contribution is 5.26. The highest BCUT2D eigenvalue weighted by Crippen LogP contribution is 2.15. The lowest BCUT2D eigenvalue weighted by molar-refractivity contribution is 0.658. The molecule has 18 heavy (non-hydrogen) atoms. The van der Waals surface area contributed by atoms with Gasteiger partial charge in [0.25, 0.3) is 0 Å². The Labute approximate surface area is 108 Å². The standard InChI is InChI=1S/C15H17N3/c1-12-15(9-10-16-3)13(2)18(17-12)11-14-7-5-4-6-8-14/h4-8H,9-11H2,1-2H3. The van der Waals surface area contributed by atoms with Crippen LogP contribution in [0, 0.1) is 20.4 Å². The summed E-state index contributed by atoms with van der Waals surface area (Å²) < 4.78 is 2.03. The van der Waals surface area contributed by atoms with Gasteiger partial charge >= 0.3 is 0 Å². The van der Waals surface area contributed by atoms with Crippen LogP contribution in [-0.4, -0.2) is 16.3 Å². The van der Waals surface area contributed by atoms with Gasteiger partial charge in [-0.25, -0.2) is 6.57 Å². The van der Waals surface area contributed by atoms with Crippen LogP contribution in [0.4, 0.5) is 0 Å². The van der Waals surface area contributed by atoms with E-state index in [1.54, 1.807) is 0 Å². The third-order valence-electron chi connectivity index (χ3n) is 3.18. The fourth-order valence-corrected chi connectivity index (χ4v) is 2.17. The Bertz CT molecular complexity index is 561. The van der Waals surface area contributed by atoms with Gasteiger partial charge in [-0.05, 0) is 19.4 Å². The molecule has 0 aliphatic carbocycles. The van der Waals surface area contributed by atoms with Crippen molar-refractivity contribution in [2.45, 2.75) is 26.8 Å². The Morgan fingerprint density at radius 3 is 2.61 bits per heavy atom. The Hall–Kier alpha value is -2.08. The second kappa shape index (κ2) is 5.50. The highest BCUT2D eigenvalue weighted by atomic mass is 15.3. The van der Waals surface area contributed by atoms with E-state index in [9.17, 15) is 0 Å². The van der Waals surface area contributed by atoms with Crippen LogP contribution in [-0.2, 0) is 13.0 Å². The van der Waals surface area contributed by atoms with E-state index < -0.39 is 0 Å². The number of nitrogens with zero attached hydrogens (tertiary/aromatic N) is 3. The molecule has 1 aromatic carbocycles. The SMILES string of the molecule is [C-]#[N+]CCc1c(C)nn(Cc2ccccc2)c1C. The molecule has 0 radical (unpaired) electrons. The summed E-state index contributed by atoms with van der Waals surface area (Å²) in [6, 6.07) is 10.3. The second-order valence-corrected chi connectivity index (χ2v) is 4.42. The van der Waals surface area contributed by atoms with Crippen molar-refractivity contribution in [3.63, 3.8) is 0 Å². The lowest BCUT2D eigenvalue weighted by atomic mass is 10.1. The lowest BCUT2D eigenvalue weighted by Gasteiger charge is -2.04. The summed E-state index contributed by atoms with van der Waals surface area (Å²) in [5.74, 6) is 0. The van der Waals surface area contributed by atoms with Crippen molar-refractivity contribution in [2.24, 2.45) is 0 Å². The first-order chi connectivity index (χ1) is 8.72. The van der Waals surface area contributed by atoms with E-state index in [1.165, 1.54) is 16.8 Å². The van der Waals surface area contributed by atoms with Gasteiger partial charge in [0.05, 0.1) is 12.2 Å². The third-order valence-corrected chi connectivity index (χ3v) is 3.18. The Morgan fingerprint density at radius 1 is 1.22 bits per heavy atom. The molecule has 1 aromatic heterocycles. The molecule has 0 amide bonds. The maximum absolute atomic E-state index is 6.88. The zero-order valence-corrected chi connectivity index (χ0v) is 10.8. The van der Waals surface area contributed by atoms with Crippen molar-refractivity contribution < 1.29 is 0 Å². The average Bonchev–Trinajstić information content (AvgIpc) is 2.64. The van der Waals surface area contributed by atoms with E-state index in [2.05, 4.69) is 29.0 Å². The monoisotopic (exact) mass is 239 g/mol.